The molecule has 0 aliphatic carbocycles. The lowest BCUT2D eigenvalue weighted by Gasteiger charge is -2.12. The van der Waals surface area contributed by atoms with E-state index in [9.17, 15) is 9.59 Å². The molecule has 9 nitrogen and oxygen atoms in total. The van der Waals surface area contributed by atoms with Crippen LogP contribution < -0.4 is 10.9 Å². The lowest BCUT2D eigenvalue weighted by molar-refractivity contribution is -0.116. The summed E-state index contributed by atoms with van der Waals surface area (Å²) in [6, 6.07) is 9.30. The Bertz CT molecular complexity index is 1320. The minimum absolute atomic E-state index is 0.162. The maximum absolute atomic E-state index is 13.2. The van der Waals surface area contributed by atoms with Gasteiger partial charge in [0.1, 0.15) is 5.39 Å². The molecule has 0 fully saturated rings. The summed E-state index contributed by atoms with van der Waals surface area (Å²) in [5.74, 6) is 1.30. The number of nitrogens with one attached hydrogen (secondary N) is 1. The van der Waals surface area contributed by atoms with Crippen LogP contribution in [-0.2, 0) is 4.79 Å². The third-order valence-electron chi connectivity index (χ3n) is 4.71. The predicted molar refractivity (Wildman–Crippen MR) is 122 cm³/mol. The zero-order chi connectivity index (χ0) is 21.4. The number of anilines is 1. The van der Waals surface area contributed by atoms with Crippen LogP contribution in [-0.4, -0.2) is 46.9 Å². The number of carbonyl (C=O) groups is 1. The molecular weight excluding hydrogens is 454 g/mol. The van der Waals surface area contributed by atoms with Gasteiger partial charge in [0, 0.05) is 12.2 Å². The number of nitrogens with zero attached hydrogens (tertiary/aromatic N) is 6. The van der Waals surface area contributed by atoms with Crippen molar-refractivity contribution in [1.82, 2.24) is 29.5 Å². The smallest absolute Gasteiger partial charge is 0.265 e. The van der Waals surface area contributed by atoms with Crippen molar-refractivity contribution < 1.29 is 4.79 Å². The number of rotatable bonds is 6. The number of hydrogen-bond acceptors (Lipinski definition) is 9. The van der Waals surface area contributed by atoms with E-state index >= 15 is 0 Å². The Balaban J connectivity index is 1.40. The van der Waals surface area contributed by atoms with E-state index in [4.69, 9.17) is 0 Å². The number of para-hydroxylation sites is 1. The fourth-order valence-electron chi connectivity index (χ4n) is 3.37. The van der Waals surface area contributed by atoms with Crippen LogP contribution in [0.25, 0.3) is 16.7 Å². The molecule has 5 rings (SSSR count). The normalized spacial score (nSPS) is 15.3. The summed E-state index contributed by atoms with van der Waals surface area (Å²) in [5, 5.41) is 16.7. The van der Waals surface area contributed by atoms with Gasteiger partial charge < -0.3 is 5.32 Å². The number of benzene rings is 1. The van der Waals surface area contributed by atoms with Crippen molar-refractivity contribution in [2.75, 3.05) is 16.8 Å². The fraction of sp³-hybridized carbons (Fsp3) is 0.263. The van der Waals surface area contributed by atoms with Crippen LogP contribution in [0.3, 0.4) is 0 Å². The van der Waals surface area contributed by atoms with E-state index in [1.165, 1.54) is 23.1 Å². The number of amides is 1. The average molecular weight is 472 g/mol. The molecule has 12 heteroatoms. The number of fused-ring (bicyclic) bond motifs is 2. The van der Waals surface area contributed by atoms with Crippen molar-refractivity contribution in [3.63, 3.8) is 0 Å². The first kappa shape index (κ1) is 20.2. The van der Waals surface area contributed by atoms with E-state index < -0.39 is 0 Å². The summed E-state index contributed by atoms with van der Waals surface area (Å²) in [6.45, 7) is 2.03. The van der Waals surface area contributed by atoms with E-state index in [1.54, 1.807) is 27.2 Å². The van der Waals surface area contributed by atoms with Crippen LogP contribution in [0.1, 0.15) is 19.4 Å². The van der Waals surface area contributed by atoms with E-state index in [1.807, 2.05) is 37.3 Å². The van der Waals surface area contributed by atoms with Crippen molar-refractivity contribution in [1.29, 1.82) is 0 Å². The minimum atomic E-state index is -0.276. The van der Waals surface area contributed by atoms with Gasteiger partial charge in [0.05, 0.1) is 17.9 Å². The Morgan fingerprint density at radius 2 is 2.13 bits per heavy atom. The summed E-state index contributed by atoms with van der Waals surface area (Å²) in [4.78, 5) is 30.5. The molecule has 1 amide bonds. The Labute approximate surface area is 189 Å². The first-order valence-corrected chi connectivity index (χ1v) is 12.4. The second-order valence-corrected chi connectivity index (χ2v) is 10.2. The van der Waals surface area contributed by atoms with Crippen LogP contribution in [0, 0.1) is 0 Å². The summed E-state index contributed by atoms with van der Waals surface area (Å²) >= 11 is 4.40. The van der Waals surface area contributed by atoms with Gasteiger partial charge in [-0.2, -0.15) is 5.10 Å². The number of hydrogen-bond donors (Lipinski definition) is 1. The molecule has 1 aromatic carbocycles. The Morgan fingerprint density at radius 3 is 2.94 bits per heavy atom. The van der Waals surface area contributed by atoms with Gasteiger partial charge in [0.2, 0.25) is 11.0 Å². The van der Waals surface area contributed by atoms with Gasteiger partial charge in [-0.1, -0.05) is 60.0 Å². The largest absolute Gasteiger partial charge is 0.300 e. The van der Waals surface area contributed by atoms with Gasteiger partial charge in [0.25, 0.3) is 5.56 Å². The topological polar surface area (TPSA) is 108 Å². The van der Waals surface area contributed by atoms with Gasteiger partial charge in [-0.3, -0.25) is 14.2 Å². The van der Waals surface area contributed by atoms with Crippen LogP contribution in [0.4, 0.5) is 5.13 Å². The Kier molecular flexibility index (Phi) is 5.50. The first-order valence-electron chi connectivity index (χ1n) is 9.58. The zero-order valence-corrected chi connectivity index (χ0v) is 18.8. The van der Waals surface area contributed by atoms with Gasteiger partial charge in [-0.25, -0.2) is 9.67 Å². The van der Waals surface area contributed by atoms with Crippen molar-refractivity contribution in [3.05, 3.63) is 46.9 Å². The van der Waals surface area contributed by atoms with Gasteiger partial charge in [0.15, 0.2) is 15.1 Å². The minimum Gasteiger partial charge on any atom is -0.300 e. The monoisotopic (exact) mass is 471 g/mol. The molecular formula is C19H17N7O2S3. The first-order chi connectivity index (χ1) is 15.1. The highest BCUT2D eigenvalue weighted by Gasteiger charge is 2.30. The molecule has 158 valence electrons. The molecule has 0 bridgehead atoms. The molecule has 0 saturated carbocycles. The van der Waals surface area contributed by atoms with Crippen LogP contribution >= 0.6 is 34.9 Å². The molecule has 0 saturated heterocycles. The second-order valence-electron chi connectivity index (χ2n) is 6.72. The maximum atomic E-state index is 13.2. The standard InChI is InChI=1S/C19H17N7O2S3/c1-2-29-19-24-23-17(31-19)21-14(27)8-12-10-30-18-22-15-13(16(28)25(12)18)9-20-26(15)11-6-4-3-5-7-11/h3-7,9,12H,2,8,10H2,1H3,(H,21,23,27). The Hall–Kier alpha value is -2.70. The van der Waals surface area contributed by atoms with Crippen molar-refractivity contribution >= 4 is 56.9 Å². The zero-order valence-electron chi connectivity index (χ0n) is 16.4. The predicted octanol–water partition coefficient (Wildman–Crippen LogP) is 3.22. The number of carbonyl (C=O) groups excluding carboxylic acids is 1. The summed E-state index contributed by atoms with van der Waals surface area (Å²) in [6.07, 6.45) is 1.70. The molecule has 1 unspecified atom stereocenters. The highest BCUT2D eigenvalue weighted by Crippen LogP contribution is 2.34. The van der Waals surface area contributed by atoms with Gasteiger partial charge >= 0.3 is 0 Å². The van der Waals surface area contributed by atoms with Crippen LogP contribution in [0.2, 0.25) is 0 Å². The lowest BCUT2D eigenvalue weighted by Crippen LogP contribution is -2.27. The molecule has 4 heterocycles. The van der Waals surface area contributed by atoms with Gasteiger partial charge in [-0.05, 0) is 17.9 Å². The van der Waals surface area contributed by atoms with Crippen molar-refractivity contribution in [3.8, 4) is 5.69 Å². The second kappa shape index (κ2) is 8.44. The summed E-state index contributed by atoms with van der Waals surface area (Å²) < 4.78 is 4.10. The molecule has 31 heavy (non-hydrogen) atoms. The molecule has 3 aromatic heterocycles. The number of aromatic nitrogens is 6. The van der Waals surface area contributed by atoms with Gasteiger partial charge in [-0.15, -0.1) is 10.2 Å². The quantitative estimate of drug-likeness (QED) is 0.259. The van der Waals surface area contributed by atoms with Crippen LogP contribution in [0.15, 0.2) is 50.8 Å². The van der Waals surface area contributed by atoms with Crippen molar-refractivity contribution in [2.45, 2.75) is 28.9 Å². The average Bonchev–Trinajstić information content (AvgIpc) is 3.49. The molecule has 1 aliphatic heterocycles. The molecule has 1 aliphatic rings. The summed E-state index contributed by atoms with van der Waals surface area (Å²) in [5.41, 5.74) is 1.18. The maximum Gasteiger partial charge on any atom is 0.265 e. The third kappa shape index (κ3) is 3.86. The third-order valence-corrected chi connectivity index (χ3v) is 7.66. The fourth-order valence-corrected chi connectivity index (χ4v) is 6.16. The van der Waals surface area contributed by atoms with E-state index in [0.717, 1.165) is 15.8 Å². The molecule has 0 radical (unpaired) electrons. The van der Waals surface area contributed by atoms with Crippen molar-refractivity contribution in [2.24, 2.45) is 0 Å². The molecule has 1 atom stereocenters. The lowest BCUT2D eigenvalue weighted by atomic mass is 10.2. The molecule has 4 aromatic rings. The highest BCUT2D eigenvalue weighted by atomic mass is 32.2. The highest BCUT2D eigenvalue weighted by molar-refractivity contribution is 8.01. The SMILES string of the molecule is CCSc1nnc(NC(=O)CC2CSc3nc4c(cnn4-c4ccccc4)c(=O)n32)s1. The summed E-state index contributed by atoms with van der Waals surface area (Å²) in [7, 11) is 0. The van der Waals surface area contributed by atoms with E-state index in [2.05, 4.69) is 25.6 Å². The van der Waals surface area contributed by atoms with E-state index in [-0.39, 0.29) is 23.9 Å². The Morgan fingerprint density at radius 1 is 1.29 bits per heavy atom. The van der Waals surface area contributed by atoms with E-state index in [0.29, 0.717) is 27.1 Å². The molecule has 1 N–H and O–H groups in total. The molecule has 0 spiro atoms. The number of thioether (sulfide) groups is 2. The van der Waals surface area contributed by atoms with Crippen LogP contribution in [0.5, 0.6) is 0 Å².